The van der Waals surface area contributed by atoms with Crippen LogP contribution in [0.3, 0.4) is 0 Å². The third-order valence-corrected chi connectivity index (χ3v) is 5.89. The Balaban J connectivity index is 1.54. The summed E-state index contributed by atoms with van der Waals surface area (Å²) in [4.78, 5) is 5.13. The van der Waals surface area contributed by atoms with Gasteiger partial charge in [-0.2, -0.15) is 18.2 Å². The van der Waals surface area contributed by atoms with Crippen molar-refractivity contribution < 1.29 is 17.7 Å². The van der Waals surface area contributed by atoms with Gasteiger partial charge in [0.15, 0.2) is 10.8 Å². The molecule has 0 N–H and O–H groups in total. The van der Waals surface area contributed by atoms with Crippen LogP contribution in [0.15, 0.2) is 43.9 Å². The minimum atomic E-state index is -4.43. The molecule has 0 aromatic carbocycles. The molecule has 4 aromatic heterocycles. The highest BCUT2D eigenvalue weighted by Crippen LogP contribution is 2.31. The van der Waals surface area contributed by atoms with Crippen LogP contribution in [-0.2, 0) is 11.9 Å². The van der Waals surface area contributed by atoms with Crippen LogP contribution in [0.5, 0.6) is 0 Å². The third-order valence-electron chi connectivity index (χ3n) is 3.28. The number of alkyl halides is 3. The Morgan fingerprint density at radius 1 is 1.27 bits per heavy atom. The summed E-state index contributed by atoms with van der Waals surface area (Å²) in [6.45, 7) is 0. The first-order chi connectivity index (χ1) is 12.4. The highest BCUT2D eigenvalue weighted by Gasteiger charge is 2.31. The van der Waals surface area contributed by atoms with Crippen molar-refractivity contribution in [2.24, 2.45) is 0 Å². The molecule has 0 unspecified atom stereocenters. The van der Waals surface area contributed by atoms with E-state index in [0.717, 1.165) is 33.4 Å². The van der Waals surface area contributed by atoms with Gasteiger partial charge < -0.3 is 4.52 Å². The molecule has 4 aromatic rings. The van der Waals surface area contributed by atoms with Gasteiger partial charge in [0.25, 0.3) is 0 Å². The molecule has 0 aliphatic rings. The number of hydrogen-bond donors (Lipinski definition) is 0. The molecule has 0 amide bonds. The zero-order valence-electron chi connectivity index (χ0n) is 12.6. The molecule has 0 aliphatic carbocycles. The summed E-state index contributed by atoms with van der Waals surface area (Å²) in [7, 11) is 0. The van der Waals surface area contributed by atoms with Crippen LogP contribution in [0.2, 0.25) is 0 Å². The van der Waals surface area contributed by atoms with Crippen LogP contribution in [-0.4, -0.2) is 24.7 Å². The number of nitrogens with zero attached hydrogens (tertiary/aromatic N) is 5. The Morgan fingerprint density at radius 2 is 2.12 bits per heavy atom. The molecule has 0 aliphatic heterocycles. The normalized spacial score (nSPS) is 12.2. The molecular weight excluding hydrogens is 455 g/mol. The Morgan fingerprint density at radius 3 is 2.85 bits per heavy atom. The molecule has 0 fully saturated rings. The number of pyridine rings is 1. The van der Waals surface area contributed by atoms with Crippen molar-refractivity contribution in [2.75, 3.05) is 0 Å². The summed E-state index contributed by atoms with van der Waals surface area (Å²) < 4.78 is 46.0. The van der Waals surface area contributed by atoms with Crippen molar-refractivity contribution in [2.45, 2.75) is 17.1 Å². The lowest BCUT2D eigenvalue weighted by atomic mass is 10.3. The average Bonchev–Trinajstić information content (AvgIpc) is 3.30. The Bertz CT molecular complexity index is 1070. The van der Waals surface area contributed by atoms with Gasteiger partial charge in [0.2, 0.25) is 11.7 Å². The quantitative estimate of drug-likeness (QED) is 0.402. The van der Waals surface area contributed by atoms with Gasteiger partial charge in [0, 0.05) is 16.0 Å². The fourth-order valence-corrected chi connectivity index (χ4v) is 4.21. The molecule has 4 rings (SSSR count). The van der Waals surface area contributed by atoms with E-state index in [1.807, 2.05) is 11.4 Å². The monoisotopic (exact) mass is 461 g/mol. The third kappa shape index (κ3) is 3.48. The van der Waals surface area contributed by atoms with Gasteiger partial charge in [-0.15, -0.1) is 21.5 Å². The number of rotatable bonds is 4. The fourth-order valence-electron chi connectivity index (χ4n) is 2.11. The summed E-state index contributed by atoms with van der Waals surface area (Å²) in [5, 5.41) is 13.9. The SMILES string of the molecule is FC(F)(F)c1ccc2nnc(SCc3nc(-c4cc(Br)cs4)no3)n2c1. The molecule has 6 nitrogen and oxygen atoms in total. The molecule has 0 atom stereocenters. The van der Waals surface area contributed by atoms with Crippen molar-refractivity contribution in [1.29, 1.82) is 0 Å². The van der Waals surface area contributed by atoms with E-state index in [4.69, 9.17) is 4.52 Å². The summed E-state index contributed by atoms with van der Waals surface area (Å²) in [5.41, 5.74) is -0.440. The number of thioether (sulfide) groups is 1. The first-order valence-corrected chi connectivity index (χ1v) is 9.68. The summed E-state index contributed by atoms with van der Waals surface area (Å²) >= 11 is 5.99. The Labute approximate surface area is 160 Å². The van der Waals surface area contributed by atoms with E-state index in [-0.39, 0.29) is 5.75 Å². The minimum Gasteiger partial charge on any atom is -0.338 e. The molecule has 0 radical (unpaired) electrons. The molecule has 4 heterocycles. The second-order valence-electron chi connectivity index (χ2n) is 5.06. The molecule has 0 spiro atoms. The lowest BCUT2D eigenvalue weighted by Crippen LogP contribution is -2.06. The van der Waals surface area contributed by atoms with Gasteiger partial charge in [-0.3, -0.25) is 4.40 Å². The van der Waals surface area contributed by atoms with Crippen molar-refractivity contribution >= 4 is 44.7 Å². The zero-order valence-corrected chi connectivity index (χ0v) is 15.8. The molecule has 134 valence electrons. The van der Waals surface area contributed by atoms with Gasteiger partial charge in [0.05, 0.1) is 16.2 Å². The second-order valence-corrected chi connectivity index (χ2v) is 7.83. The predicted molar refractivity (Wildman–Crippen MR) is 92.9 cm³/mol. The van der Waals surface area contributed by atoms with Crippen LogP contribution >= 0.6 is 39.0 Å². The fraction of sp³-hybridized carbons (Fsp3) is 0.143. The zero-order chi connectivity index (χ0) is 18.3. The topological polar surface area (TPSA) is 69.1 Å². The summed E-state index contributed by atoms with van der Waals surface area (Å²) in [5.74, 6) is 1.07. The van der Waals surface area contributed by atoms with E-state index < -0.39 is 11.7 Å². The predicted octanol–water partition coefficient (Wildman–Crippen LogP) is 4.91. The summed E-state index contributed by atoms with van der Waals surface area (Å²) in [6.07, 6.45) is -3.46. The van der Waals surface area contributed by atoms with E-state index in [0.29, 0.717) is 22.5 Å². The molecule has 0 saturated carbocycles. The van der Waals surface area contributed by atoms with Crippen molar-refractivity contribution in [3.63, 3.8) is 0 Å². The maximum atomic E-state index is 12.9. The van der Waals surface area contributed by atoms with Crippen LogP contribution in [0, 0.1) is 0 Å². The van der Waals surface area contributed by atoms with Crippen LogP contribution in [0.4, 0.5) is 13.2 Å². The number of aromatic nitrogens is 5. The molecule has 26 heavy (non-hydrogen) atoms. The lowest BCUT2D eigenvalue weighted by molar-refractivity contribution is -0.137. The van der Waals surface area contributed by atoms with E-state index in [1.165, 1.54) is 21.8 Å². The molecular formula is C14H7BrF3N5OS2. The Kier molecular flexibility index (Phi) is 4.49. The van der Waals surface area contributed by atoms with Gasteiger partial charge in [-0.05, 0) is 34.1 Å². The van der Waals surface area contributed by atoms with Gasteiger partial charge in [-0.1, -0.05) is 16.9 Å². The highest BCUT2D eigenvalue weighted by atomic mass is 79.9. The van der Waals surface area contributed by atoms with Crippen molar-refractivity contribution in [3.05, 3.63) is 45.7 Å². The van der Waals surface area contributed by atoms with Gasteiger partial charge in [-0.25, -0.2) is 0 Å². The van der Waals surface area contributed by atoms with Gasteiger partial charge in [0.1, 0.15) is 0 Å². The van der Waals surface area contributed by atoms with Crippen LogP contribution < -0.4 is 0 Å². The number of hydrogen-bond acceptors (Lipinski definition) is 7. The first kappa shape index (κ1) is 17.5. The van der Waals surface area contributed by atoms with E-state index in [1.54, 1.807) is 0 Å². The van der Waals surface area contributed by atoms with Crippen LogP contribution in [0.1, 0.15) is 11.5 Å². The first-order valence-electron chi connectivity index (χ1n) is 7.02. The van der Waals surface area contributed by atoms with E-state index >= 15 is 0 Å². The number of halogens is 4. The standard InChI is InChI=1S/C14H7BrF3N5OS2/c15-8-3-9(25-5-8)12-19-11(24-22-12)6-26-13-21-20-10-2-1-7(4-23(10)13)14(16,17)18/h1-5H,6H2. The van der Waals surface area contributed by atoms with Crippen LogP contribution in [0.25, 0.3) is 16.3 Å². The maximum Gasteiger partial charge on any atom is 0.417 e. The number of fused-ring (bicyclic) bond motifs is 1. The molecule has 12 heteroatoms. The smallest absolute Gasteiger partial charge is 0.338 e. The van der Waals surface area contributed by atoms with Crippen molar-refractivity contribution in [1.82, 2.24) is 24.7 Å². The highest BCUT2D eigenvalue weighted by molar-refractivity contribution is 9.10. The lowest BCUT2D eigenvalue weighted by Gasteiger charge is -2.06. The Hall–Kier alpha value is -1.92. The van der Waals surface area contributed by atoms with Crippen molar-refractivity contribution in [3.8, 4) is 10.7 Å². The van der Waals surface area contributed by atoms with E-state index in [2.05, 4.69) is 36.3 Å². The maximum absolute atomic E-state index is 12.9. The number of thiophene rings is 1. The molecule has 0 saturated heterocycles. The second kappa shape index (κ2) is 6.67. The minimum absolute atomic E-state index is 0.260. The van der Waals surface area contributed by atoms with Gasteiger partial charge >= 0.3 is 6.18 Å². The summed E-state index contributed by atoms with van der Waals surface area (Å²) in [6, 6.07) is 4.12. The largest absolute Gasteiger partial charge is 0.417 e. The van der Waals surface area contributed by atoms with E-state index in [9.17, 15) is 13.2 Å². The average molecular weight is 462 g/mol. The molecule has 0 bridgehead atoms.